The molecule has 88 valence electrons. The molecule has 0 spiro atoms. The van der Waals surface area contributed by atoms with Crippen LogP contribution in [0, 0.1) is 5.92 Å². The van der Waals surface area contributed by atoms with Crippen molar-refractivity contribution >= 4 is 11.6 Å². The minimum atomic E-state index is -0.0600. The fraction of sp³-hybridized carbons (Fsp3) is 0.125. The Morgan fingerprint density at radius 2 is 1.28 bits per heavy atom. The molecule has 2 nitrogen and oxygen atoms in total. The minimum absolute atomic E-state index is 0.0600. The summed E-state index contributed by atoms with van der Waals surface area (Å²) < 4.78 is 0. The van der Waals surface area contributed by atoms with E-state index in [1.54, 1.807) is 36.4 Å². The smallest absolute Gasteiger partial charge is 0.194 e. The molecule has 1 aromatic carbocycles. The van der Waals surface area contributed by atoms with Crippen LogP contribution in [-0.4, -0.2) is 11.6 Å². The Bertz CT molecular complexity index is 590. The van der Waals surface area contributed by atoms with E-state index in [2.05, 4.69) is 0 Å². The predicted molar refractivity (Wildman–Crippen MR) is 69.6 cm³/mol. The normalized spacial score (nSPS) is 18.7. The second kappa shape index (κ2) is 3.91. The Labute approximate surface area is 105 Å². The summed E-state index contributed by atoms with van der Waals surface area (Å²) in [5, 5.41) is 0. The Kier molecular flexibility index (Phi) is 2.37. The summed E-state index contributed by atoms with van der Waals surface area (Å²) in [4.78, 5) is 24.7. The zero-order valence-electron chi connectivity index (χ0n) is 10.0. The molecule has 0 saturated carbocycles. The van der Waals surface area contributed by atoms with Gasteiger partial charge in [-0.05, 0) is 5.92 Å². The van der Waals surface area contributed by atoms with Gasteiger partial charge in [0, 0.05) is 22.3 Å². The first-order valence-electron chi connectivity index (χ1n) is 5.97. The van der Waals surface area contributed by atoms with Gasteiger partial charge in [-0.2, -0.15) is 0 Å². The fourth-order valence-electron chi connectivity index (χ4n) is 2.31. The quantitative estimate of drug-likeness (QED) is 0.693. The average molecular weight is 236 g/mol. The standard InChI is InChI=1S/C16H12O2/c1-10-6-8-13-14(9-7-10)16(18)12-5-3-2-4-11(12)15(13)17/h2-10H,1H3. The molecule has 2 aliphatic carbocycles. The van der Waals surface area contributed by atoms with Gasteiger partial charge in [0.05, 0.1) is 0 Å². The predicted octanol–water partition coefficient (Wildman–Crippen LogP) is 3.12. The van der Waals surface area contributed by atoms with Gasteiger partial charge in [0.15, 0.2) is 11.6 Å². The number of Topliss-reactive ketones (excluding diaryl/α,β-unsaturated/α-hetero) is 2. The van der Waals surface area contributed by atoms with E-state index >= 15 is 0 Å². The third-order valence-corrected chi connectivity index (χ3v) is 3.33. The monoisotopic (exact) mass is 236 g/mol. The molecule has 2 aliphatic rings. The summed E-state index contributed by atoms with van der Waals surface area (Å²) in [6.07, 6.45) is 7.43. The lowest BCUT2D eigenvalue weighted by Crippen LogP contribution is -2.20. The molecule has 18 heavy (non-hydrogen) atoms. The molecule has 0 saturated heterocycles. The first kappa shape index (κ1) is 10.9. The second-order valence-corrected chi connectivity index (χ2v) is 4.61. The van der Waals surface area contributed by atoms with Crippen molar-refractivity contribution in [2.45, 2.75) is 6.92 Å². The highest BCUT2D eigenvalue weighted by atomic mass is 16.1. The van der Waals surface area contributed by atoms with Crippen molar-refractivity contribution in [3.63, 3.8) is 0 Å². The first-order valence-corrected chi connectivity index (χ1v) is 5.97. The van der Waals surface area contributed by atoms with E-state index in [0.717, 1.165) is 0 Å². The number of hydrogen-bond acceptors (Lipinski definition) is 2. The van der Waals surface area contributed by atoms with Crippen molar-refractivity contribution in [3.8, 4) is 0 Å². The van der Waals surface area contributed by atoms with Crippen LogP contribution in [0.4, 0.5) is 0 Å². The second-order valence-electron chi connectivity index (χ2n) is 4.61. The highest BCUT2D eigenvalue weighted by Crippen LogP contribution is 2.29. The van der Waals surface area contributed by atoms with Gasteiger partial charge in [-0.25, -0.2) is 0 Å². The zero-order chi connectivity index (χ0) is 12.7. The average Bonchev–Trinajstić information content (AvgIpc) is 2.59. The number of ketones is 2. The highest BCUT2D eigenvalue weighted by Gasteiger charge is 2.29. The van der Waals surface area contributed by atoms with Crippen LogP contribution in [-0.2, 0) is 0 Å². The number of allylic oxidation sites excluding steroid dienone is 6. The lowest BCUT2D eigenvalue weighted by molar-refractivity contribution is 0.0980. The van der Waals surface area contributed by atoms with Gasteiger partial charge >= 0.3 is 0 Å². The minimum Gasteiger partial charge on any atom is -0.289 e. The molecule has 0 heterocycles. The Balaban J connectivity index is 2.24. The van der Waals surface area contributed by atoms with E-state index in [1.165, 1.54) is 0 Å². The van der Waals surface area contributed by atoms with Gasteiger partial charge in [-0.3, -0.25) is 9.59 Å². The maximum absolute atomic E-state index is 12.4. The molecule has 0 radical (unpaired) electrons. The third kappa shape index (κ3) is 1.50. The maximum atomic E-state index is 12.4. The van der Waals surface area contributed by atoms with Crippen molar-refractivity contribution in [1.82, 2.24) is 0 Å². The molecule has 0 amide bonds. The van der Waals surface area contributed by atoms with Crippen molar-refractivity contribution in [2.24, 2.45) is 5.92 Å². The number of rotatable bonds is 0. The number of carbonyl (C=O) groups excluding carboxylic acids is 2. The summed E-state index contributed by atoms with van der Waals surface area (Å²) in [5.74, 6) is 0.115. The van der Waals surface area contributed by atoms with Gasteiger partial charge in [-0.15, -0.1) is 0 Å². The number of benzene rings is 1. The highest BCUT2D eigenvalue weighted by molar-refractivity contribution is 6.29. The Morgan fingerprint density at radius 1 is 0.833 bits per heavy atom. The van der Waals surface area contributed by atoms with Gasteiger partial charge < -0.3 is 0 Å². The summed E-state index contributed by atoms with van der Waals surface area (Å²) in [5.41, 5.74) is 2.04. The number of carbonyl (C=O) groups is 2. The summed E-state index contributed by atoms with van der Waals surface area (Å²) >= 11 is 0. The molecule has 1 aromatic rings. The zero-order valence-corrected chi connectivity index (χ0v) is 10.0. The molecule has 0 N–H and O–H groups in total. The van der Waals surface area contributed by atoms with Gasteiger partial charge in [0.1, 0.15) is 0 Å². The van der Waals surface area contributed by atoms with Gasteiger partial charge in [0.25, 0.3) is 0 Å². The fourth-order valence-corrected chi connectivity index (χ4v) is 2.31. The molecular weight excluding hydrogens is 224 g/mol. The van der Waals surface area contributed by atoms with Crippen molar-refractivity contribution < 1.29 is 9.59 Å². The van der Waals surface area contributed by atoms with E-state index in [-0.39, 0.29) is 17.5 Å². The van der Waals surface area contributed by atoms with E-state index in [4.69, 9.17) is 0 Å². The third-order valence-electron chi connectivity index (χ3n) is 3.33. The SMILES string of the molecule is CC1C=CC2=C(C=C1)C(=O)c1ccccc1C2=O. The van der Waals surface area contributed by atoms with Crippen molar-refractivity contribution in [3.05, 3.63) is 70.8 Å². The lowest BCUT2D eigenvalue weighted by atomic mass is 9.84. The topological polar surface area (TPSA) is 34.1 Å². The van der Waals surface area contributed by atoms with Gasteiger partial charge in [-0.1, -0.05) is 55.5 Å². The summed E-state index contributed by atoms with van der Waals surface area (Å²) in [6, 6.07) is 7.00. The lowest BCUT2D eigenvalue weighted by Gasteiger charge is -2.16. The van der Waals surface area contributed by atoms with Crippen LogP contribution < -0.4 is 0 Å². The van der Waals surface area contributed by atoms with Crippen molar-refractivity contribution in [2.75, 3.05) is 0 Å². The van der Waals surface area contributed by atoms with Crippen LogP contribution in [0.2, 0.25) is 0 Å². The molecule has 0 aliphatic heterocycles. The van der Waals surface area contributed by atoms with E-state index < -0.39 is 0 Å². The van der Waals surface area contributed by atoms with Crippen LogP contribution in [0.3, 0.4) is 0 Å². The molecule has 0 aromatic heterocycles. The van der Waals surface area contributed by atoms with Crippen LogP contribution in [0.15, 0.2) is 59.7 Å². The van der Waals surface area contributed by atoms with E-state index in [1.807, 2.05) is 19.1 Å². The number of fused-ring (bicyclic) bond motifs is 1. The largest absolute Gasteiger partial charge is 0.289 e. The van der Waals surface area contributed by atoms with Crippen LogP contribution >= 0.6 is 0 Å². The summed E-state index contributed by atoms with van der Waals surface area (Å²) in [7, 11) is 0. The Morgan fingerprint density at radius 3 is 1.72 bits per heavy atom. The summed E-state index contributed by atoms with van der Waals surface area (Å²) in [6.45, 7) is 2.02. The van der Waals surface area contributed by atoms with Crippen LogP contribution in [0.1, 0.15) is 27.6 Å². The van der Waals surface area contributed by atoms with E-state index in [9.17, 15) is 9.59 Å². The maximum Gasteiger partial charge on any atom is 0.194 e. The Hall–Kier alpha value is -2.22. The van der Waals surface area contributed by atoms with Gasteiger partial charge in [0.2, 0.25) is 0 Å². The molecule has 0 fully saturated rings. The number of hydrogen-bond donors (Lipinski definition) is 0. The van der Waals surface area contributed by atoms with E-state index in [0.29, 0.717) is 22.3 Å². The first-order chi connectivity index (χ1) is 8.68. The van der Waals surface area contributed by atoms with Crippen LogP contribution in [0.25, 0.3) is 0 Å². The molecule has 0 unspecified atom stereocenters. The molecular formula is C16H12O2. The van der Waals surface area contributed by atoms with Crippen LogP contribution in [0.5, 0.6) is 0 Å². The molecule has 2 heteroatoms. The van der Waals surface area contributed by atoms with Crippen molar-refractivity contribution in [1.29, 1.82) is 0 Å². The molecule has 0 atom stereocenters. The molecule has 0 bridgehead atoms. The molecule has 3 rings (SSSR count).